The SMILES string of the molecule is Cc1cc(Cl)ccc1N1C(=O)C(=O)/C(=C(/O)c2ccc([N+](=O)[O-])cc2)C1c1ccc(C(C)(C)C)cc1. The summed E-state index contributed by atoms with van der Waals surface area (Å²) >= 11 is 6.13. The molecule has 0 saturated carbocycles. The molecule has 3 aromatic carbocycles. The maximum Gasteiger partial charge on any atom is 0.300 e. The van der Waals surface area contributed by atoms with Crippen molar-refractivity contribution in [2.75, 3.05) is 4.90 Å². The van der Waals surface area contributed by atoms with Gasteiger partial charge in [0.1, 0.15) is 5.76 Å². The molecule has 4 rings (SSSR count). The van der Waals surface area contributed by atoms with E-state index in [1.807, 2.05) is 24.3 Å². The Hall–Kier alpha value is -3.97. The predicted octanol–water partition coefficient (Wildman–Crippen LogP) is 6.48. The lowest BCUT2D eigenvalue weighted by molar-refractivity contribution is -0.384. The normalized spacial score (nSPS) is 17.5. The first kappa shape index (κ1) is 25.1. The van der Waals surface area contributed by atoms with E-state index < -0.39 is 28.4 Å². The molecule has 0 radical (unpaired) electrons. The van der Waals surface area contributed by atoms with E-state index in [0.29, 0.717) is 21.8 Å². The minimum absolute atomic E-state index is 0.0910. The number of carbonyl (C=O) groups excluding carboxylic acids is 2. The van der Waals surface area contributed by atoms with Gasteiger partial charge in [0.15, 0.2) is 0 Å². The van der Waals surface area contributed by atoms with E-state index >= 15 is 0 Å². The Morgan fingerprint density at radius 3 is 2.14 bits per heavy atom. The highest BCUT2D eigenvalue weighted by molar-refractivity contribution is 6.51. The standard InChI is InChI=1S/C28H25ClN2O5/c1-16-15-20(29)11-14-22(16)30-24(17-5-9-19(10-6-17)28(2,3)4)23(26(33)27(30)34)25(32)18-7-12-21(13-8-18)31(35)36/h5-15,24,32H,1-4H3/b25-23+. The fourth-order valence-electron chi connectivity index (χ4n) is 4.35. The van der Waals surface area contributed by atoms with Crippen molar-refractivity contribution in [3.8, 4) is 0 Å². The molecule has 1 heterocycles. The molecule has 1 amide bonds. The monoisotopic (exact) mass is 504 g/mol. The summed E-state index contributed by atoms with van der Waals surface area (Å²) in [5.74, 6) is -2.03. The van der Waals surface area contributed by atoms with Crippen molar-refractivity contribution in [2.24, 2.45) is 0 Å². The topological polar surface area (TPSA) is 101 Å². The van der Waals surface area contributed by atoms with Crippen LogP contribution in [0, 0.1) is 17.0 Å². The number of carbonyl (C=O) groups is 2. The van der Waals surface area contributed by atoms with Crippen LogP contribution in [0.3, 0.4) is 0 Å². The van der Waals surface area contributed by atoms with Gasteiger partial charge in [-0.25, -0.2) is 0 Å². The number of nitro groups is 1. The molecule has 1 fully saturated rings. The number of aliphatic hydroxyl groups is 1. The molecule has 1 aliphatic rings. The van der Waals surface area contributed by atoms with Crippen molar-refractivity contribution in [3.05, 3.63) is 110 Å². The molecular formula is C28H25ClN2O5. The number of anilines is 1. The number of amides is 1. The molecule has 1 unspecified atom stereocenters. The van der Waals surface area contributed by atoms with Gasteiger partial charge in [-0.3, -0.25) is 24.6 Å². The summed E-state index contributed by atoms with van der Waals surface area (Å²) in [5.41, 5.74) is 2.74. The third kappa shape index (κ3) is 4.50. The fourth-order valence-corrected chi connectivity index (χ4v) is 4.57. The van der Waals surface area contributed by atoms with Crippen LogP contribution in [0.5, 0.6) is 0 Å². The molecule has 1 N–H and O–H groups in total. The lowest BCUT2D eigenvalue weighted by Crippen LogP contribution is -2.30. The Bertz CT molecular complexity index is 1400. The number of halogens is 1. The van der Waals surface area contributed by atoms with Gasteiger partial charge in [0.2, 0.25) is 0 Å². The van der Waals surface area contributed by atoms with Gasteiger partial charge < -0.3 is 5.11 Å². The van der Waals surface area contributed by atoms with Crippen molar-refractivity contribution >= 4 is 40.4 Å². The second-order valence-electron chi connectivity index (χ2n) is 9.78. The number of rotatable bonds is 4. The molecule has 0 spiro atoms. The smallest absolute Gasteiger partial charge is 0.300 e. The minimum atomic E-state index is -0.908. The van der Waals surface area contributed by atoms with E-state index in [2.05, 4.69) is 20.8 Å². The number of non-ortho nitro benzene ring substituents is 1. The van der Waals surface area contributed by atoms with E-state index in [1.165, 1.54) is 29.2 Å². The number of ketones is 1. The molecular weight excluding hydrogens is 480 g/mol. The number of hydrogen-bond acceptors (Lipinski definition) is 5. The van der Waals surface area contributed by atoms with Crippen molar-refractivity contribution < 1.29 is 19.6 Å². The average Bonchev–Trinajstić information content (AvgIpc) is 3.08. The summed E-state index contributed by atoms with van der Waals surface area (Å²) < 4.78 is 0. The molecule has 3 aromatic rings. The molecule has 1 aliphatic heterocycles. The van der Waals surface area contributed by atoms with Crippen LogP contribution in [0.15, 0.2) is 72.3 Å². The van der Waals surface area contributed by atoms with Crippen LogP contribution in [0.25, 0.3) is 5.76 Å². The van der Waals surface area contributed by atoms with E-state index in [0.717, 1.165) is 5.56 Å². The van der Waals surface area contributed by atoms with Gasteiger partial charge in [0.25, 0.3) is 17.4 Å². The Kier molecular flexibility index (Phi) is 6.45. The van der Waals surface area contributed by atoms with Gasteiger partial charge in [-0.05, 0) is 59.4 Å². The number of aliphatic hydroxyl groups excluding tert-OH is 1. The minimum Gasteiger partial charge on any atom is -0.507 e. The molecule has 0 aromatic heterocycles. The van der Waals surface area contributed by atoms with Gasteiger partial charge in [-0.1, -0.05) is 56.6 Å². The first-order valence-electron chi connectivity index (χ1n) is 11.3. The summed E-state index contributed by atoms with van der Waals surface area (Å²) in [4.78, 5) is 38.5. The summed E-state index contributed by atoms with van der Waals surface area (Å²) in [7, 11) is 0. The zero-order valence-electron chi connectivity index (χ0n) is 20.3. The molecule has 184 valence electrons. The van der Waals surface area contributed by atoms with Crippen molar-refractivity contribution in [2.45, 2.75) is 39.2 Å². The maximum absolute atomic E-state index is 13.4. The number of nitrogens with zero attached hydrogens (tertiary/aromatic N) is 2. The van der Waals surface area contributed by atoms with Crippen molar-refractivity contribution in [3.63, 3.8) is 0 Å². The predicted molar refractivity (Wildman–Crippen MR) is 139 cm³/mol. The average molecular weight is 505 g/mol. The van der Waals surface area contributed by atoms with E-state index in [-0.39, 0.29) is 22.2 Å². The van der Waals surface area contributed by atoms with Crippen LogP contribution >= 0.6 is 11.6 Å². The zero-order valence-corrected chi connectivity index (χ0v) is 21.0. The van der Waals surface area contributed by atoms with E-state index in [9.17, 15) is 24.8 Å². The van der Waals surface area contributed by atoms with Crippen LogP contribution in [-0.2, 0) is 15.0 Å². The lowest BCUT2D eigenvalue weighted by atomic mass is 9.85. The van der Waals surface area contributed by atoms with Crippen molar-refractivity contribution in [1.82, 2.24) is 0 Å². The molecule has 0 aliphatic carbocycles. The summed E-state index contributed by atoms with van der Waals surface area (Å²) in [6, 6.07) is 16.9. The van der Waals surface area contributed by atoms with Crippen LogP contribution in [0.1, 0.15) is 49.1 Å². The molecule has 1 atom stereocenters. The summed E-state index contributed by atoms with van der Waals surface area (Å²) in [6.07, 6.45) is 0. The number of aryl methyl sites for hydroxylation is 1. The first-order valence-corrected chi connectivity index (χ1v) is 11.7. The molecule has 8 heteroatoms. The highest BCUT2D eigenvalue weighted by atomic mass is 35.5. The first-order chi connectivity index (χ1) is 16.9. The second kappa shape index (κ2) is 9.24. The van der Waals surface area contributed by atoms with Gasteiger partial charge >= 0.3 is 0 Å². The third-order valence-corrected chi connectivity index (χ3v) is 6.54. The molecule has 36 heavy (non-hydrogen) atoms. The molecule has 0 bridgehead atoms. The fraction of sp³-hybridized carbons (Fsp3) is 0.214. The second-order valence-corrected chi connectivity index (χ2v) is 10.2. The van der Waals surface area contributed by atoms with E-state index in [4.69, 9.17) is 11.6 Å². The zero-order chi connectivity index (χ0) is 26.4. The highest BCUT2D eigenvalue weighted by Crippen LogP contribution is 2.44. The van der Waals surface area contributed by atoms with Gasteiger partial charge in [0.05, 0.1) is 16.5 Å². The molecule has 1 saturated heterocycles. The van der Waals surface area contributed by atoms with Crippen LogP contribution in [0.4, 0.5) is 11.4 Å². The third-order valence-electron chi connectivity index (χ3n) is 6.31. The van der Waals surface area contributed by atoms with E-state index in [1.54, 1.807) is 25.1 Å². The number of hydrogen-bond donors (Lipinski definition) is 1. The van der Waals surface area contributed by atoms with Crippen LogP contribution < -0.4 is 4.90 Å². The largest absolute Gasteiger partial charge is 0.507 e. The van der Waals surface area contributed by atoms with Crippen molar-refractivity contribution in [1.29, 1.82) is 0 Å². The lowest BCUT2D eigenvalue weighted by Gasteiger charge is -2.27. The Labute approximate surface area is 213 Å². The highest BCUT2D eigenvalue weighted by Gasteiger charge is 2.47. The Balaban J connectivity index is 1.93. The maximum atomic E-state index is 13.4. The van der Waals surface area contributed by atoms with Gasteiger partial charge in [0, 0.05) is 28.4 Å². The van der Waals surface area contributed by atoms with Gasteiger partial charge in [-0.2, -0.15) is 0 Å². The van der Waals surface area contributed by atoms with Gasteiger partial charge in [-0.15, -0.1) is 0 Å². The number of nitro benzene ring substituents is 1. The Morgan fingerprint density at radius 2 is 1.61 bits per heavy atom. The number of benzene rings is 3. The Morgan fingerprint density at radius 1 is 1.00 bits per heavy atom. The van der Waals surface area contributed by atoms with Crippen LogP contribution in [-0.4, -0.2) is 21.7 Å². The summed E-state index contributed by atoms with van der Waals surface area (Å²) in [5, 5.41) is 22.8. The quantitative estimate of drug-likeness (QED) is 0.144. The summed E-state index contributed by atoms with van der Waals surface area (Å²) in [6.45, 7) is 8.04. The number of Topliss-reactive ketones (excluding diaryl/α,β-unsaturated/α-hetero) is 1. The van der Waals surface area contributed by atoms with Crippen LogP contribution in [0.2, 0.25) is 5.02 Å². The molecule has 7 nitrogen and oxygen atoms in total.